The molecule has 0 saturated carbocycles. The van der Waals surface area contributed by atoms with E-state index in [0.29, 0.717) is 29.3 Å². The zero-order valence-electron chi connectivity index (χ0n) is 10.1. The van der Waals surface area contributed by atoms with Crippen molar-refractivity contribution in [1.82, 2.24) is 0 Å². The molecular weight excluding hydrogens is 216 g/mol. The van der Waals surface area contributed by atoms with Crippen molar-refractivity contribution in [1.29, 1.82) is 0 Å². The maximum absolute atomic E-state index is 12.2. The van der Waals surface area contributed by atoms with E-state index in [9.17, 15) is 14.4 Å². The number of aldehydes is 2. The fourth-order valence-electron chi connectivity index (χ4n) is 1.84. The summed E-state index contributed by atoms with van der Waals surface area (Å²) in [6, 6.07) is 4.56. The summed E-state index contributed by atoms with van der Waals surface area (Å²) in [5.74, 6) is -0.142. The van der Waals surface area contributed by atoms with Gasteiger partial charge in [-0.05, 0) is 18.9 Å². The molecule has 0 saturated heterocycles. The van der Waals surface area contributed by atoms with Gasteiger partial charge in [0, 0.05) is 22.6 Å². The van der Waals surface area contributed by atoms with Crippen LogP contribution in [0.5, 0.6) is 0 Å². The van der Waals surface area contributed by atoms with Gasteiger partial charge in [0.2, 0.25) is 0 Å². The number of hydrogen-bond donors (Lipinski definition) is 0. The van der Waals surface area contributed by atoms with E-state index >= 15 is 0 Å². The normalized spacial score (nSPS) is 10.3. The molecule has 0 radical (unpaired) electrons. The molecule has 0 aromatic heterocycles. The molecule has 0 spiro atoms. The minimum atomic E-state index is -0.0874. The lowest BCUT2D eigenvalue weighted by molar-refractivity contribution is 0.0909. The zero-order chi connectivity index (χ0) is 12.8. The van der Waals surface area contributed by atoms with Crippen LogP contribution in [-0.2, 0) is 0 Å². The van der Waals surface area contributed by atoms with Gasteiger partial charge in [-0.3, -0.25) is 14.4 Å². The van der Waals surface area contributed by atoms with Crippen molar-refractivity contribution < 1.29 is 14.4 Å². The third kappa shape index (κ3) is 2.87. The summed E-state index contributed by atoms with van der Waals surface area (Å²) < 4.78 is 0. The standard InChI is InChI=1S/C14H16O3/c1-3-11(4-2)14(17)13-7-10(8-15)5-6-12(13)9-16/h5-9,11H,3-4H2,1-2H3. The molecule has 90 valence electrons. The van der Waals surface area contributed by atoms with Crippen molar-refractivity contribution in [2.75, 3.05) is 0 Å². The van der Waals surface area contributed by atoms with Gasteiger partial charge in [0.05, 0.1) is 0 Å². The molecule has 0 unspecified atom stereocenters. The molecule has 0 aliphatic heterocycles. The van der Waals surface area contributed by atoms with E-state index in [4.69, 9.17) is 0 Å². The predicted molar refractivity (Wildman–Crippen MR) is 65.6 cm³/mol. The molecule has 0 heterocycles. The Hall–Kier alpha value is -1.77. The molecule has 0 atom stereocenters. The van der Waals surface area contributed by atoms with E-state index in [-0.39, 0.29) is 11.7 Å². The van der Waals surface area contributed by atoms with Crippen LogP contribution in [0.3, 0.4) is 0 Å². The Morgan fingerprint density at radius 1 is 1.18 bits per heavy atom. The zero-order valence-corrected chi connectivity index (χ0v) is 10.1. The highest BCUT2D eigenvalue weighted by Gasteiger charge is 2.19. The lowest BCUT2D eigenvalue weighted by atomic mass is 9.90. The Kier molecular flexibility index (Phi) is 4.76. The summed E-state index contributed by atoms with van der Waals surface area (Å²) in [6.07, 6.45) is 2.81. The van der Waals surface area contributed by atoms with Crippen LogP contribution in [0, 0.1) is 5.92 Å². The quantitative estimate of drug-likeness (QED) is 0.559. The SMILES string of the molecule is CCC(CC)C(=O)c1cc(C=O)ccc1C=O. The first-order valence-electron chi connectivity index (χ1n) is 5.76. The lowest BCUT2D eigenvalue weighted by Gasteiger charge is -2.12. The van der Waals surface area contributed by atoms with Crippen LogP contribution in [0.25, 0.3) is 0 Å². The van der Waals surface area contributed by atoms with Crippen LogP contribution in [0.1, 0.15) is 57.8 Å². The molecule has 0 bridgehead atoms. The highest BCUT2D eigenvalue weighted by molar-refractivity contribution is 6.05. The number of carbonyl (C=O) groups is 3. The molecule has 0 N–H and O–H groups in total. The number of rotatable bonds is 6. The first-order valence-corrected chi connectivity index (χ1v) is 5.76. The first kappa shape index (κ1) is 13.3. The van der Waals surface area contributed by atoms with E-state index in [1.807, 2.05) is 13.8 Å². The Balaban J connectivity index is 3.22. The number of benzene rings is 1. The van der Waals surface area contributed by atoms with Gasteiger partial charge in [-0.25, -0.2) is 0 Å². The molecular formula is C14H16O3. The van der Waals surface area contributed by atoms with Crippen LogP contribution < -0.4 is 0 Å². The van der Waals surface area contributed by atoms with Crippen molar-refractivity contribution in [3.63, 3.8) is 0 Å². The van der Waals surface area contributed by atoms with Crippen molar-refractivity contribution in [2.45, 2.75) is 26.7 Å². The van der Waals surface area contributed by atoms with Gasteiger partial charge in [-0.2, -0.15) is 0 Å². The van der Waals surface area contributed by atoms with E-state index in [1.54, 1.807) is 6.07 Å². The maximum atomic E-state index is 12.2. The maximum Gasteiger partial charge on any atom is 0.166 e. The number of Topliss-reactive ketones (excluding diaryl/α,β-unsaturated/α-hetero) is 1. The van der Waals surface area contributed by atoms with E-state index in [1.165, 1.54) is 12.1 Å². The van der Waals surface area contributed by atoms with Gasteiger partial charge < -0.3 is 0 Å². The van der Waals surface area contributed by atoms with Gasteiger partial charge in [0.25, 0.3) is 0 Å². The molecule has 0 fully saturated rings. The second-order valence-electron chi connectivity index (χ2n) is 3.96. The predicted octanol–water partition coefficient (Wildman–Crippen LogP) is 2.93. The van der Waals surface area contributed by atoms with Crippen molar-refractivity contribution in [3.05, 3.63) is 34.9 Å². The van der Waals surface area contributed by atoms with Crippen molar-refractivity contribution in [2.24, 2.45) is 5.92 Å². The number of ketones is 1. The van der Waals surface area contributed by atoms with Gasteiger partial charge in [-0.1, -0.05) is 26.0 Å². The molecule has 0 aliphatic rings. The molecule has 17 heavy (non-hydrogen) atoms. The van der Waals surface area contributed by atoms with Crippen LogP contribution in [0.2, 0.25) is 0 Å². The van der Waals surface area contributed by atoms with E-state index in [2.05, 4.69) is 0 Å². The van der Waals surface area contributed by atoms with Gasteiger partial charge in [0.1, 0.15) is 6.29 Å². The molecule has 1 aromatic carbocycles. The fourth-order valence-corrected chi connectivity index (χ4v) is 1.84. The van der Waals surface area contributed by atoms with Gasteiger partial charge in [-0.15, -0.1) is 0 Å². The highest BCUT2D eigenvalue weighted by Crippen LogP contribution is 2.19. The minimum Gasteiger partial charge on any atom is -0.298 e. The summed E-state index contributed by atoms with van der Waals surface area (Å²) in [6.45, 7) is 3.88. The lowest BCUT2D eigenvalue weighted by Crippen LogP contribution is -2.15. The smallest absolute Gasteiger partial charge is 0.166 e. The summed E-state index contributed by atoms with van der Waals surface area (Å²) in [4.78, 5) is 33.8. The first-order chi connectivity index (χ1) is 8.17. The molecule has 1 rings (SSSR count). The summed E-state index contributed by atoms with van der Waals surface area (Å²) >= 11 is 0. The van der Waals surface area contributed by atoms with Crippen LogP contribution >= 0.6 is 0 Å². The van der Waals surface area contributed by atoms with Crippen molar-refractivity contribution in [3.8, 4) is 0 Å². The fraction of sp³-hybridized carbons (Fsp3) is 0.357. The summed E-state index contributed by atoms with van der Waals surface area (Å²) in [7, 11) is 0. The monoisotopic (exact) mass is 232 g/mol. The second-order valence-corrected chi connectivity index (χ2v) is 3.96. The second kappa shape index (κ2) is 6.09. The van der Waals surface area contributed by atoms with Crippen LogP contribution in [-0.4, -0.2) is 18.4 Å². The highest BCUT2D eigenvalue weighted by atomic mass is 16.1. The summed E-state index contributed by atoms with van der Waals surface area (Å²) in [5.41, 5.74) is 1.13. The Morgan fingerprint density at radius 3 is 2.29 bits per heavy atom. The third-order valence-electron chi connectivity index (χ3n) is 2.96. The van der Waals surface area contributed by atoms with Crippen LogP contribution in [0.15, 0.2) is 18.2 Å². The van der Waals surface area contributed by atoms with E-state index < -0.39 is 0 Å². The Morgan fingerprint density at radius 2 is 1.82 bits per heavy atom. The molecule has 1 aromatic rings. The van der Waals surface area contributed by atoms with E-state index in [0.717, 1.165) is 12.8 Å². The largest absolute Gasteiger partial charge is 0.298 e. The molecule has 3 heteroatoms. The van der Waals surface area contributed by atoms with Crippen LogP contribution in [0.4, 0.5) is 0 Å². The average molecular weight is 232 g/mol. The average Bonchev–Trinajstić information content (AvgIpc) is 2.39. The summed E-state index contributed by atoms with van der Waals surface area (Å²) in [5, 5.41) is 0. The topological polar surface area (TPSA) is 51.2 Å². The third-order valence-corrected chi connectivity index (χ3v) is 2.96. The number of carbonyl (C=O) groups excluding carboxylic acids is 3. The number of hydrogen-bond acceptors (Lipinski definition) is 3. The molecule has 0 aliphatic carbocycles. The Labute approximate surface area is 101 Å². The molecule has 3 nitrogen and oxygen atoms in total. The minimum absolute atomic E-state index is 0.0548. The van der Waals surface area contributed by atoms with Crippen molar-refractivity contribution >= 4 is 18.4 Å². The van der Waals surface area contributed by atoms with Gasteiger partial charge in [0.15, 0.2) is 12.1 Å². The Bertz CT molecular complexity index is 431. The van der Waals surface area contributed by atoms with Gasteiger partial charge >= 0.3 is 0 Å². The molecule has 0 amide bonds.